The highest BCUT2D eigenvalue weighted by Crippen LogP contribution is 2.22. The zero-order valence-corrected chi connectivity index (χ0v) is 12.5. The number of aryl methyl sites for hydroxylation is 1. The first-order chi connectivity index (χ1) is 10.5. The van der Waals surface area contributed by atoms with Crippen LogP contribution in [0.5, 0.6) is 0 Å². The van der Waals surface area contributed by atoms with Crippen LogP contribution in [0.15, 0.2) is 18.3 Å². The molecular weight excluding hydrogens is 282 g/mol. The number of pyridine rings is 1. The normalized spacial score (nSPS) is 10.9. The van der Waals surface area contributed by atoms with Crippen molar-refractivity contribution in [1.29, 1.82) is 0 Å². The van der Waals surface area contributed by atoms with Gasteiger partial charge in [0.15, 0.2) is 0 Å². The summed E-state index contributed by atoms with van der Waals surface area (Å²) in [7, 11) is 0. The summed E-state index contributed by atoms with van der Waals surface area (Å²) in [6.07, 6.45) is 1.63. The minimum atomic E-state index is -0.187. The van der Waals surface area contributed by atoms with E-state index in [9.17, 15) is 4.79 Å². The quantitative estimate of drug-likeness (QED) is 0.738. The molecule has 0 aliphatic carbocycles. The molecule has 8 heteroatoms. The zero-order chi connectivity index (χ0) is 15.9. The summed E-state index contributed by atoms with van der Waals surface area (Å²) < 4.78 is 1.62. The van der Waals surface area contributed by atoms with Crippen molar-refractivity contribution in [2.24, 2.45) is 0 Å². The van der Waals surface area contributed by atoms with Crippen LogP contribution < -0.4 is 11.1 Å². The topological polar surface area (TPSA) is 111 Å². The lowest BCUT2D eigenvalue weighted by Crippen LogP contribution is -2.12. The fourth-order valence-electron chi connectivity index (χ4n) is 2.11. The maximum Gasteiger partial charge on any atom is 0.255 e. The fraction of sp³-hybridized carbons (Fsp3) is 0.214. The second-order valence-electron chi connectivity index (χ2n) is 4.94. The third kappa shape index (κ3) is 2.24. The van der Waals surface area contributed by atoms with E-state index in [4.69, 9.17) is 5.73 Å². The molecule has 0 saturated carbocycles. The lowest BCUT2D eigenvalue weighted by molar-refractivity contribution is -0.114. The maximum atomic E-state index is 11.3. The van der Waals surface area contributed by atoms with Crippen molar-refractivity contribution in [3.63, 3.8) is 0 Å². The van der Waals surface area contributed by atoms with Gasteiger partial charge in [-0.25, -0.2) is 4.52 Å². The lowest BCUT2D eigenvalue weighted by Gasteiger charge is -2.08. The Morgan fingerprint density at radius 3 is 2.77 bits per heavy atom. The minimum Gasteiger partial charge on any atom is -0.397 e. The number of carbonyl (C=O) groups is 1. The van der Waals surface area contributed by atoms with Crippen LogP contribution in [0.25, 0.3) is 17.3 Å². The van der Waals surface area contributed by atoms with Gasteiger partial charge in [0, 0.05) is 24.4 Å². The monoisotopic (exact) mass is 297 g/mol. The highest BCUT2D eigenvalue weighted by molar-refractivity contribution is 5.88. The molecule has 8 nitrogen and oxygen atoms in total. The van der Waals surface area contributed by atoms with Gasteiger partial charge in [-0.2, -0.15) is 9.97 Å². The molecule has 0 unspecified atom stereocenters. The molecule has 112 valence electrons. The molecule has 1 amide bonds. The van der Waals surface area contributed by atoms with Crippen molar-refractivity contribution >= 4 is 23.2 Å². The van der Waals surface area contributed by atoms with E-state index >= 15 is 0 Å². The average molecular weight is 297 g/mol. The summed E-state index contributed by atoms with van der Waals surface area (Å²) in [6, 6.07) is 3.49. The predicted octanol–water partition coefficient (Wildman–Crippen LogP) is 1.34. The second-order valence-corrected chi connectivity index (χ2v) is 4.94. The largest absolute Gasteiger partial charge is 0.397 e. The number of carbonyl (C=O) groups excluding carboxylic acids is 1. The van der Waals surface area contributed by atoms with Gasteiger partial charge in [0.1, 0.15) is 11.5 Å². The van der Waals surface area contributed by atoms with Crippen LogP contribution >= 0.6 is 0 Å². The van der Waals surface area contributed by atoms with Gasteiger partial charge >= 0.3 is 0 Å². The fourth-order valence-corrected chi connectivity index (χ4v) is 2.11. The number of nitrogens with zero attached hydrogens (tertiary/aromatic N) is 5. The molecule has 22 heavy (non-hydrogen) atoms. The molecule has 3 heterocycles. The first-order valence-corrected chi connectivity index (χ1v) is 6.70. The van der Waals surface area contributed by atoms with Gasteiger partial charge in [-0.15, -0.1) is 5.10 Å². The van der Waals surface area contributed by atoms with Gasteiger partial charge in [-0.05, 0) is 26.0 Å². The Morgan fingerprint density at radius 2 is 2.09 bits per heavy atom. The van der Waals surface area contributed by atoms with Gasteiger partial charge < -0.3 is 11.1 Å². The van der Waals surface area contributed by atoms with Crippen LogP contribution in [-0.2, 0) is 4.79 Å². The van der Waals surface area contributed by atoms with Crippen LogP contribution in [0.1, 0.15) is 18.2 Å². The summed E-state index contributed by atoms with van der Waals surface area (Å²) in [4.78, 5) is 24.2. The first kappa shape index (κ1) is 13.9. The van der Waals surface area contributed by atoms with Crippen molar-refractivity contribution in [3.05, 3.63) is 29.6 Å². The van der Waals surface area contributed by atoms with Crippen LogP contribution in [0.3, 0.4) is 0 Å². The van der Waals surface area contributed by atoms with Gasteiger partial charge in [0.05, 0.1) is 5.69 Å². The number of nitrogens with one attached hydrogen (secondary N) is 1. The summed E-state index contributed by atoms with van der Waals surface area (Å²) in [6.45, 7) is 5.18. The van der Waals surface area contributed by atoms with Gasteiger partial charge in [-0.1, -0.05) is 0 Å². The average Bonchev–Trinajstić information content (AvgIpc) is 2.88. The number of nitrogen functional groups attached to an aromatic ring is 1. The van der Waals surface area contributed by atoms with Crippen LogP contribution in [0, 0.1) is 13.8 Å². The molecule has 0 aliphatic heterocycles. The van der Waals surface area contributed by atoms with E-state index < -0.39 is 0 Å². The maximum absolute atomic E-state index is 11.3. The Morgan fingerprint density at radius 1 is 1.32 bits per heavy atom. The number of nitrogens with two attached hydrogens (primary N) is 1. The smallest absolute Gasteiger partial charge is 0.255 e. The SMILES string of the molecule is CC(=O)Nc1nc2nc(-c3ncccc3N)nn2c(C)c1C. The molecule has 0 aliphatic rings. The Kier molecular flexibility index (Phi) is 3.21. The summed E-state index contributed by atoms with van der Waals surface area (Å²) in [5.74, 6) is 1.07. The Balaban J connectivity index is 2.20. The molecule has 0 saturated heterocycles. The number of hydrogen-bond donors (Lipinski definition) is 2. The number of anilines is 2. The van der Waals surface area contributed by atoms with Crippen molar-refractivity contribution < 1.29 is 4.79 Å². The third-order valence-corrected chi connectivity index (χ3v) is 3.36. The molecule has 3 N–H and O–H groups in total. The van der Waals surface area contributed by atoms with Crippen molar-refractivity contribution in [2.45, 2.75) is 20.8 Å². The number of amides is 1. The van der Waals surface area contributed by atoms with E-state index in [1.165, 1.54) is 6.92 Å². The number of fused-ring (bicyclic) bond motifs is 1. The number of aromatic nitrogens is 5. The van der Waals surface area contributed by atoms with E-state index in [0.29, 0.717) is 28.8 Å². The molecular formula is C14H15N7O. The van der Waals surface area contributed by atoms with Crippen LogP contribution in [-0.4, -0.2) is 30.5 Å². The van der Waals surface area contributed by atoms with Gasteiger partial charge in [0.2, 0.25) is 11.7 Å². The molecule has 0 aromatic carbocycles. The van der Waals surface area contributed by atoms with E-state index in [0.717, 1.165) is 11.3 Å². The molecule has 3 aromatic heterocycles. The number of rotatable bonds is 2. The third-order valence-electron chi connectivity index (χ3n) is 3.36. The van der Waals surface area contributed by atoms with E-state index in [1.807, 2.05) is 13.8 Å². The molecule has 0 bridgehead atoms. The standard InChI is InChI=1S/C14H15N7O/c1-7-8(2)21-14(18-12(7)17-9(3)22)19-13(20-21)11-10(15)5-4-6-16-11/h4-6H,15H2,1-3H3,(H,17,18,19,20,22). The van der Waals surface area contributed by atoms with E-state index in [1.54, 1.807) is 22.8 Å². The zero-order valence-electron chi connectivity index (χ0n) is 12.5. The van der Waals surface area contributed by atoms with Gasteiger partial charge in [0.25, 0.3) is 5.78 Å². The van der Waals surface area contributed by atoms with Crippen LogP contribution in [0.4, 0.5) is 11.5 Å². The van der Waals surface area contributed by atoms with Crippen molar-refractivity contribution in [2.75, 3.05) is 11.1 Å². The Labute approximate surface area is 126 Å². The first-order valence-electron chi connectivity index (χ1n) is 6.70. The molecule has 3 rings (SSSR count). The molecule has 0 spiro atoms. The molecule has 0 atom stereocenters. The van der Waals surface area contributed by atoms with Gasteiger partial charge in [-0.3, -0.25) is 9.78 Å². The lowest BCUT2D eigenvalue weighted by atomic mass is 10.2. The summed E-state index contributed by atoms with van der Waals surface area (Å²) in [5, 5.41) is 7.11. The van der Waals surface area contributed by atoms with E-state index in [2.05, 4.69) is 25.4 Å². The number of hydrogen-bond acceptors (Lipinski definition) is 6. The highest BCUT2D eigenvalue weighted by Gasteiger charge is 2.16. The summed E-state index contributed by atoms with van der Waals surface area (Å²) in [5.41, 5.74) is 8.57. The molecule has 0 fully saturated rings. The highest BCUT2D eigenvalue weighted by atomic mass is 16.1. The Hall–Kier alpha value is -3.03. The van der Waals surface area contributed by atoms with Crippen molar-refractivity contribution in [3.8, 4) is 11.5 Å². The van der Waals surface area contributed by atoms with Crippen LogP contribution in [0.2, 0.25) is 0 Å². The summed E-state index contributed by atoms with van der Waals surface area (Å²) >= 11 is 0. The Bertz CT molecular complexity index is 884. The van der Waals surface area contributed by atoms with E-state index in [-0.39, 0.29) is 5.91 Å². The second kappa shape index (κ2) is 5.06. The molecule has 3 aromatic rings. The predicted molar refractivity (Wildman–Crippen MR) is 82.2 cm³/mol. The van der Waals surface area contributed by atoms with Crippen molar-refractivity contribution in [1.82, 2.24) is 24.6 Å². The molecule has 0 radical (unpaired) electrons. The minimum absolute atomic E-state index is 0.187.